The minimum atomic E-state index is -3.61. The first-order chi connectivity index (χ1) is 13.0. The van der Waals surface area contributed by atoms with Crippen LogP contribution in [0.25, 0.3) is 5.69 Å². The van der Waals surface area contributed by atoms with E-state index < -0.39 is 16.3 Å². The Labute approximate surface area is 158 Å². The number of amides is 1. The standard InChI is InChI=1S/C17H23N5O4S/c1-2-26-17(23)20-10-12-21(13-11-20)27(24,25)19-14-15-4-6-16(7-5-15)22-9-3-8-18-22/h3-9,19H,2,10-14H2,1H3. The van der Waals surface area contributed by atoms with Crippen LogP contribution in [-0.4, -0.2) is 66.3 Å². The van der Waals surface area contributed by atoms with Crippen LogP contribution in [-0.2, 0) is 21.5 Å². The Morgan fingerprint density at radius 3 is 2.48 bits per heavy atom. The van der Waals surface area contributed by atoms with Crippen molar-refractivity contribution in [3.63, 3.8) is 0 Å². The number of hydrogen-bond donors (Lipinski definition) is 1. The highest BCUT2D eigenvalue weighted by Crippen LogP contribution is 2.11. The molecule has 1 saturated heterocycles. The number of piperazine rings is 1. The van der Waals surface area contributed by atoms with Crippen LogP contribution in [0.2, 0.25) is 0 Å². The molecule has 9 nitrogen and oxygen atoms in total. The van der Waals surface area contributed by atoms with Crippen molar-refractivity contribution in [2.24, 2.45) is 0 Å². The van der Waals surface area contributed by atoms with Gasteiger partial charge in [-0.1, -0.05) is 12.1 Å². The van der Waals surface area contributed by atoms with Crippen LogP contribution in [0.15, 0.2) is 42.7 Å². The van der Waals surface area contributed by atoms with E-state index in [1.54, 1.807) is 17.8 Å². The van der Waals surface area contributed by atoms with Crippen LogP contribution in [0.1, 0.15) is 12.5 Å². The van der Waals surface area contributed by atoms with E-state index in [9.17, 15) is 13.2 Å². The van der Waals surface area contributed by atoms with E-state index in [4.69, 9.17) is 4.74 Å². The Morgan fingerprint density at radius 2 is 1.89 bits per heavy atom. The van der Waals surface area contributed by atoms with Crippen LogP contribution in [0.4, 0.5) is 4.79 Å². The molecule has 0 unspecified atom stereocenters. The van der Waals surface area contributed by atoms with Gasteiger partial charge >= 0.3 is 6.09 Å². The first kappa shape index (κ1) is 19.3. The van der Waals surface area contributed by atoms with E-state index in [0.29, 0.717) is 19.7 Å². The van der Waals surface area contributed by atoms with Gasteiger partial charge in [0.1, 0.15) is 0 Å². The third-order valence-corrected chi connectivity index (χ3v) is 5.82. The van der Waals surface area contributed by atoms with Crippen LogP contribution >= 0.6 is 0 Å². The predicted molar refractivity (Wildman–Crippen MR) is 99.5 cm³/mol. The van der Waals surface area contributed by atoms with Crippen LogP contribution < -0.4 is 4.72 Å². The van der Waals surface area contributed by atoms with Gasteiger partial charge in [0.05, 0.1) is 12.3 Å². The van der Waals surface area contributed by atoms with Gasteiger partial charge < -0.3 is 9.64 Å². The maximum absolute atomic E-state index is 12.5. The lowest BCUT2D eigenvalue weighted by Gasteiger charge is -2.33. The molecule has 3 rings (SSSR count). The Kier molecular flexibility index (Phi) is 6.09. The molecule has 0 aliphatic carbocycles. The van der Waals surface area contributed by atoms with Gasteiger partial charge in [0.2, 0.25) is 0 Å². The van der Waals surface area contributed by atoms with Crippen LogP contribution in [0.5, 0.6) is 0 Å². The fraction of sp³-hybridized carbons (Fsp3) is 0.412. The second-order valence-corrected chi connectivity index (χ2v) is 7.78. The molecule has 1 aromatic heterocycles. The number of ether oxygens (including phenoxy) is 1. The van der Waals surface area contributed by atoms with E-state index >= 15 is 0 Å². The molecule has 0 saturated carbocycles. The van der Waals surface area contributed by atoms with Crippen molar-refractivity contribution in [3.05, 3.63) is 48.3 Å². The van der Waals surface area contributed by atoms with Crippen LogP contribution in [0.3, 0.4) is 0 Å². The summed E-state index contributed by atoms with van der Waals surface area (Å²) in [6.07, 6.45) is 3.14. The van der Waals surface area contributed by atoms with Gasteiger partial charge in [-0.3, -0.25) is 0 Å². The van der Waals surface area contributed by atoms with Crippen molar-refractivity contribution in [2.75, 3.05) is 32.8 Å². The molecular weight excluding hydrogens is 370 g/mol. The molecule has 1 aliphatic rings. The molecule has 1 fully saturated rings. The molecule has 10 heteroatoms. The third-order valence-electron chi connectivity index (χ3n) is 4.27. The second-order valence-electron chi connectivity index (χ2n) is 6.03. The van der Waals surface area contributed by atoms with Gasteiger partial charge in [0.25, 0.3) is 10.2 Å². The highest BCUT2D eigenvalue weighted by molar-refractivity contribution is 7.87. The Morgan fingerprint density at radius 1 is 1.19 bits per heavy atom. The van der Waals surface area contributed by atoms with E-state index in [-0.39, 0.29) is 19.6 Å². The molecule has 1 aromatic carbocycles. The minimum Gasteiger partial charge on any atom is -0.450 e. The van der Waals surface area contributed by atoms with Gasteiger partial charge in [0, 0.05) is 45.1 Å². The summed E-state index contributed by atoms with van der Waals surface area (Å²) in [7, 11) is -3.61. The number of aromatic nitrogens is 2. The molecule has 27 heavy (non-hydrogen) atoms. The van der Waals surface area contributed by atoms with Crippen molar-refractivity contribution in [1.29, 1.82) is 0 Å². The van der Waals surface area contributed by atoms with Gasteiger partial charge in [-0.2, -0.15) is 22.5 Å². The van der Waals surface area contributed by atoms with Crippen molar-refractivity contribution in [2.45, 2.75) is 13.5 Å². The van der Waals surface area contributed by atoms with Crippen LogP contribution in [0, 0.1) is 0 Å². The smallest absolute Gasteiger partial charge is 0.409 e. The number of hydrogen-bond acceptors (Lipinski definition) is 5. The summed E-state index contributed by atoms with van der Waals surface area (Å²) in [5, 5.41) is 4.15. The molecule has 146 valence electrons. The summed E-state index contributed by atoms with van der Waals surface area (Å²) in [6.45, 7) is 3.36. The zero-order valence-electron chi connectivity index (χ0n) is 15.1. The summed E-state index contributed by atoms with van der Waals surface area (Å²) >= 11 is 0. The zero-order valence-corrected chi connectivity index (χ0v) is 15.9. The molecule has 1 amide bonds. The number of nitrogens with zero attached hydrogens (tertiary/aromatic N) is 4. The molecule has 1 N–H and O–H groups in total. The largest absolute Gasteiger partial charge is 0.450 e. The van der Waals surface area contributed by atoms with E-state index in [0.717, 1.165) is 11.3 Å². The SMILES string of the molecule is CCOC(=O)N1CCN(S(=O)(=O)NCc2ccc(-n3cccn3)cc2)CC1. The molecule has 2 heterocycles. The summed E-state index contributed by atoms with van der Waals surface area (Å²) in [4.78, 5) is 13.2. The lowest BCUT2D eigenvalue weighted by molar-refractivity contribution is 0.0932. The number of carbonyl (C=O) groups is 1. The first-order valence-corrected chi connectivity index (χ1v) is 10.2. The molecule has 0 bridgehead atoms. The fourth-order valence-corrected chi connectivity index (χ4v) is 3.96. The lowest BCUT2D eigenvalue weighted by atomic mass is 10.2. The molecule has 0 spiro atoms. The van der Waals surface area contributed by atoms with Gasteiger partial charge in [0.15, 0.2) is 0 Å². The van der Waals surface area contributed by atoms with Crippen molar-refractivity contribution >= 4 is 16.3 Å². The highest BCUT2D eigenvalue weighted by Gasteiger charge is 2.29. The molecule has 0 radical (unpaired) electrons. The fourth-order valence-electron chi connectivity index (χ4n) is 2.78. The van der Waals surface area contributed by atoms with Crippen molar-refractivity contribution < 1.29 is 17.9 Å². The topological polar surface area (TPSA) is 96.8 Å². The number of nitrogens with one attached hydrogen (secondary N) is 1. The van der Waals surface area contributed by atoms with Crippen molar-refractivity contribution in [1.82, 2.24) is 23.7 Å². The summed E-state index contributed by atoms with van der Waals surface area (Å²) < 4.78 is 35.6. The van der Waals surface area contributed by atoms with Crippen molar-refractivity contribution in [3.8, 4) is 5.69 Å². The van der Waals surface area contributed by atoms with E-state index in [2.05, 4.69) is 9.82 Å². The molecule has 0 atom stereocenters. The predicted octanol–water partition coefficient (Wildman–Crippen LogP) is 0.981. The quantitative estimate of drug-likeness (QED) is 0.789. The average Bonchev–Trinajstić information content (AvgIpc) is 3.22. The number of rotatable bonds is 6. The maximum atomic E-state index is 12.5. The maximum Gasteiger partial charge on any atom is 0.409 e. The highest BCUT2D eigenvalue weighted by atomic mass is 32.2. The normalized spacial score (nSPS) is 15.7. The number of benzene rings is 1. The van der Waals surface area contributed by atoms with E-state index in [1.807, 2.05) is 36.5 Å². The Bertz CT molecular complexity index is 844. The summed E-state index contributed by atoms with van der Waals surface area (Å²) in [5.74, 6) is 0. The average molecular weight is 393 g/mol. The minimum absolute atomic E-state index is 0.194. The first-order valence-electron chi connectivity index (χ1n) is 8.75. The Hall–Kier alpha value is -2.43. The second kappa shape index (κ2) is 8.51. The molecule has 2 aromatic rings. The zero-order chi connectivity index (χ0) is 19.3. The monoisotopic (exact) mass is 393 g/mol. The van der Waals surface area contributed by atoms with Gasteiger partial charge in [-0.05, 0) is 30.7 Å². The molecule has 1 aliphatic heterocycles. The number of carbonyl (C=O) groups excluding carboxylic acids is 1. The summed E-state index contributed by atoms with van der Waals surface area (Å²) in [6, 6.07) is 9.32. The third kappa shape index (κ3) is 4.85. The lowest BCUT2D eigenvalue weighted by Crippen LogP contribution is -2.53. The van der Waals surface area contributed by atoms with Gasteiger partial charge in [-0.15, -0.1) is 0 Å². The molecular formula is C17H23N5O4S. The Balaban J connectivity index is 1.52. The van der Waals surface area contributed by atoms with Gasteiger partial charge in [-0.25, -0.2) is 9.48 Å². The van der Waals surface area contributed by atoms with E-state index in [1.165, 1.54) is 9.21 Å². The summed E-state index contributed by atoms with van der Waals surface area (Å²) in [5.41, 5.74) is 1.75.